The summed E-state index contributed by atoms with van der Waals surface area (Å²) in [5, 5.41) is 13.6. The van der Waals surface area contributed by atoms with Gasteiger partial charge >= 0.3 is 0 Å². The normalized spacial score (nSPS) is 18.5. The van der Waals surface area contributed by atoms with Crippen molar-refractivity contribution in [3.63, 3.8) is 0 Å². The topological polar surface area (TPSA) is 117 Å². The number of thiazole rings is 1. The fourth-order valence-corrected chi connectivity index (χ4v) is 8.07. The van der Waals surface area contributed by atoms with Gasteiger partial charge in [0, 0.05) is 57.3 Å². The van der Waals surface area contributed by atoms with E-state index in [0.29, 0.717) is 56.3 Å². The Kier molecular flexibility index (Phi) is 6.27. The minimum absolute atomic E-state index is 0.0485. The van der Waals surface area contributed by atoms with Gasteiger partial charge in [-0.25, -0.2) is 13.4 Å². The van der Waals surface area contributed by atoms with Crippen molar-refractivity contribution in [1.82, 2.24) is 14.2 Å². The van der Waals surface area contributed by atoms with Gasteiger partial charge in [0.2, 0.25) is 5.91 Å². The number of aromatic nitrogens is 1. The lowest BCUT2D eigenvalue weighted by atomic mass is 9.96. The predicted octanol–water partition coefficient (Wildman–Crippen LogP) is 3.02. The van der Waals surface area contributed by atoms with E-state index >= 15 is 0 Å². The van der Waals surface area contributed by atoms with Crippen molar-refractivity contribution >= 4 is 59.6 Å². The molecule has 3 aromatic rings. The summed E-state index contributed by atoms with van der Waals surface area (Å²) in [5.74, 6) is -0.0721. The number of carbonyl (C=O) groups excluding carboxylic acids is 1. The lowest BCUT2D eigenvalue weighted by Gasteiger charge is -2.38. The Bertz CT molecular complexity index is 1310. The molecule has 10 nitrogen and oxygen atoms in total. The second kappa shape index (κ2) is 9.21. The highest BCUT2D eigenvalue weighted by molar-refractivity contribution is 7.91. The van der Waals surface area contributed by atoms with Gasteiger partial charge in [-0.05, 0) is 30.4 Å². The minimum atomic E-state index is -3.47. The van der Waals surface area contributed by atoms with Crippen LogP contribution in [0, 0.1) is 16.0 Å². The number of anilines is 1. The molecule has 0 spiro atoms. The number of carbonyl (C=O) groups is 1. The monoisotopic (exact) mass is 521 g/mol. The van der Waals surface area contributed by atoms with Crippen LogP contribution >= 0.6 is 22.7 Å². The van der Waals surface area contributed by atoms with E-state index in [1.165, 1.54) is 33.0 Å². The van der Waals surface area contributed by atoms with Gasteiger partial charge in [0.25, 0.3) is 15.7 Å². The molecule has 2 fully saturated rings. The summed E-state index contributed by atoms with van der Waals surface area (Å²) >= 11 is 2.63. The van der Waals surface area contributed by atoms with E-state index in [0.717, 1.165) is 15.3 Å². The van der Waals surface area contributed by atoms with Crippen molar-refractivity contribution in [2.24, 2.45) is 5.92 Å². The number of piperazine rings is 1. The minimum Gasteiger partial charge on any atom is -0.345 e. The lowest BCUT2D eigenvalue weighted by molar-refractivity contribution is -0.384. The van der Waals surface area contributed by atoms with E-state index in [-0.39, 0.29) is 17.5 Å². The quantitative estimate of drug-likeness (QED) is 0.374. The molecule has 2 aliphatic rings. The number of amides is 1. The summed E-state index contributed by atoms with van der Waals surface area (Å²) in [6, 6.07) is 8.01. The maximum Gasteiger partial charge on any atom is 0.270 e. The number of non-ortho nitro benzene ring substituents is 1. The summed E-state index contributed by atoms with van der Waals surface area (Å²) < 4.78 is 28.0. The zero-order valence-electron chi connectivity index (χ0n) is 18.2. The summed E-state index contributed by atoms with van der Waals surface area (Å²) in [4.78, 5) is 32.3. The molecular weight excluding hydrogens is 498 g/mol. The van der Waals surface area contributed by atoms with E-state index in [1.807, 2.05) is 4.90 Å². The maximum atomic E-state index is 13.1. The molecule has 0 bridgehead atoms. The van der Waals surface area contributed by atoms with Crippen LogP contribution in [-0.2, 0) is 14.8 Å². The number of nitro groups is 1. The molecule has 0 radical (unpaired) electrons. The highest BCUT2D eigenvalue weighted by Crippen LogP contribution is 2.32. The molecule has 0 N–H and O–H groups in total. The van der Waals surface area contributed by atoms with Crippen molar-refractivity contribution in [1.29, 1.82) is 0 Å². The van der Waals surface area contributed by atoms with E-state index in [1.54, 1.807) is 29.6 Å². The molecule has 180 valence electrons. The van der Waals surface area contributed by atoms with Gasteiger partial charge in [-0.2, -0.15) is 4.31 Å². The Morgan fingerprint density at radius 3 is 2.47 bits per heavy atom. The van der Waals surface area contributed by atoms with Crippen molar-refractivity contribution in [3.05, 3.63) is 45.8 Å². The molecular formula is C21H23N5O5S3. The fraction of sp³-hybridized carbons (Fsp3) is 0.429. The first-order valence-electron chi connectivity index (χ1n) is 11.0. The van der Waals surface area contributed by atoms with Gasteiger partial charge in [-0.3, -0.25) is 14.9 Å². The molecule has 0 aliphatic carbocycles. The number of piperidine rings is 1. The van der Waals surface area contributed by atoms with Crippen molar-refractivity contribution in [2.45, 2.75) is 17.1 Å². The molecule has 0 saturated carbocycles. The van der Waals surface area contributed by atoms with E-state index in [4.69, 9.17) is 0 Å². The Morgan fingerprint density at radius 2 is 1.82 bits per heavy atom. The molecule has 1 aromatic carbocycles. The van der Waals surface area contributed by atoms with Crippen LogP contribution in [0.15, 0.2) is 39.9 Å². The van der Waals surface area contributed by atoms with Crippen LogP contribution < -0.4 is 4.90 Å². The third-order valence-corrected chi connectivity index (χ3v) is 10.7. The van der Waals surface area contributed by atoms with Crippen LogP contribution in [0.4, 0.5) is 10.8 Å². The number of hydrogen-bond donors (Lipinski definition) is 0. The average molecular weight is 522 g/mol. The molecule has 13 heteroatoms. The summed E-state index contributed by atoms with van der Waals surface area (Å²) in [7, 11) is -3.47. The predicted molar refractivity (Wildman–Crippen MR) is 131 cm³/mol. The molecule has 1 amide bonds. The molecule has 2 aromatic heterocycles. The zero-order chi connectivity index (χ0) is 23.9. The fourth-order valence-electron chi connectivity index (χ4n) is 4.41. The van der Waals surface area contributed by atoms with E-state index < -0.39 is 14.9 Å². The first-order chi connectivity index (χ1) is 16.3. The number of sulfonamides is 1. The Labute approximate surface area is 204 Å². The molecule has 4 heterocycles. The number of benzene rings is 1. The van der Waals surface area contributed by atoms with Gasteiger partial charge in [0.05, 0.1) is 15.1 Å². The standard InChI is InChI=1S/C21H23N5O5S3/c27-20(15-5-7-25(8-6-15)34(30,31)19-2-1-13-32-19)23-9-11-24(12-10-23)21-22-17-4-3-16(26(28)29)14-18(17)33-21/h1-4,13-15H,5-12H2. The molecule has 0 atom stereocenters. The van der Waals surface area contributed by atoms with Crippen molar-refractivity contribution < 1.29 is 18.1 Å². The third kappa shape index (κ3) is 4.40. The smallest absolute Gasteiger partial charge is 0.270 e. The van der Waals surface area contributed by atoms with Gasteiger partial charge in [-0.15, -0.1) is 11.3 Å². The number of thiophene rings is 1. The van der Waals surface area contributed by atoms with Crippen LogP contribution in [0.25, 0.3) is 10.2 Å². The number of rotatable bonds is 5. The molecule has 2 saturated heterocycles. The second-order valence-electron chi connectivity index (χ2n) is 8.33. The number of nitrogens with zero attached hydrogens (tertiary/aromatic N) is 5. The maximum absolute atomic E-state index is 13.1. The van der Waals surface area contributed by atoms with Gasteiger partial charge in [0.15, 0.2) is 5.13 Å². The highest BCUT2D eigenvalue weighted by Gasteiger charge is 2.35. The van der Waals surface area contributed by atoms with Crippen LogP contribution in [0.2, 0.25) is 0 Å². The molecule has 34 heavy (non-hydrogen) atoms. The highest BCUT2D eigenvalue weighted by atomic mass is 32.2. The van der Waals surface area contributed by atoms with Crippen LogP contribution in [0.3, 0.4) is 0 Å². The Balaban J connectivity index is 1.17. The van der Waals surface area contributed by atoms with Gasteiger partial charge in [-0.1, -0.05) is 17.4 Å². The first kappa shape index (κ1) is 23.1. The van der Waals surface area contributed by atoms with Crippen molar-refractivity contribution in [3.8, 4) is 0 Å². The van der Waals surface area contributed by atoms with Crippen molar-refractivity contribution in [2.75, 3.05) is 44.2 Å². The largest absolute Gasteiger partial charge is 0.345 e. The Hall–Kier alpha value is -2.61. The lowest BCUT2D eigenvalue weighted by Crippen LogP contribution is -2.52. The van der Waals surface area contributed by atoms with E-state index in [9.17, 15) is 23.3 Å². The van der Waals surface area contributed by atoms with Crippen LogP contribution in [0.1, 0.15) is 12.8 Å². The van der Waals surface area contributed by atoms with Gasteiger partial charge in [0.1, 0.15) is 4.21 Å². The first-order valence-corrected chi connectivity index (χ1v) is 14.1. The SMILES string of the molecule is O=C(C1CCN(S(=O)(=O)c2cccs2)CC1)N1CCN(c2nc3ccc([N+](=O)[O-])cc3s2)CC1. The zero-order valence-corrected chi connectivity index (χ0v) is 20.6. The van der Waals surface area contributed by atoms with E-state index in [2.05, 4.69) is 9.88 Å². The summed E-state index contributed by atoms with van der Waals surface area (Å²) in [5.41, 5.74) is 0.778. The average Bonchev–Trinajstić information content (AvgIpc) is 3.54. The van der Waals surface area contributed by atoms with Crippen LogP contribution in [0.5, 0.6) is 0 Å². The third-order valence-electron chi connectivity index (χ3n) is 6.33. The summed E-state index contributed by atoms with van der Waals surface area (Å²) in [6.45, 7) is 3.13. The molecule has 5 rings (SSSR count). The van der Waals surface area contributed by atoms with Crippen LogP contribution in [-0.4, -0.2) is 72.7 Å². The number of nitro benzene ring substituents is 1. The number of hydrogen-bond acceptors (Lipinski definition) is 9. The molecule has 2 aliphatic heterocycles. The second-order valence-corrected chi connectivity index (χ2v) is 12.4. The summed E-state index contributed by atoms with van der Waals surface area (Å²) in [6.07, 6.45) is 1.06. The molecule has 0 unspecified atom stereocenters. The number of fused-ring (bicyclic) bond motifs is 1. The van der Waals surface area contributed by atoms with Gasteiger partial charge < -0.3 is 9.80 Å². The Morgan fingerprint density at radius 1 is 1.09 bits per heavy atom.